The number of nitrogens with zero attached hydrogens (tertiary/aromatic N) is 1. The van der Waals surface area contributed by atoms with Gasteiger partial charge in [-0.3, -0.25) is 9.59 Å². The Labute approximate surface area is 118 Å². The third-order valence-corrected chi connectivity index (χ3v) is 4.20. The van der Waals surface area contributed by atoms with E-state index in [1.54, 1.807) is 6.07 Å². The molecule has 0 aromatic heterocycles. The summed E-state index contributed by atoms with van der Waals surface area (Å²) in [5.41, 5.74) is 5.58. The number of benzene rings is 1. The lowest BCUT2D eigenvalue weighted by Gasteiger charge is -2.19. The van der Waals surface area contributed by atoms with Crippen molar-refractivity contribution in [3.05, 3.63) is 28.3 Å². The summed E-state index contributed by atoms with van der Waals surface area (Å²) in [6.07, 6.45) is 0.323. The number of rotatable bonds is 1. The zero-order chi connectivity index (χ0) is 13.6. The summed E-state index contributed by atoms with van der Waals surface area (Å²) in [5, 5.41) is 7.09. The van der Waals surface area contributed by atoms with Gasteiger partial charge in [-0.05, 0) is 24.6 Å². The SMILES string of the molecule is CC1SC(=O)NN=C1c1cc(Cl)c2c(c1)CC(=O)N2. The lowest BCUT2D eigenvalue weighted by Crippen LogP contribution is -2.29. The minimum atomic E-state index is -0.166. The smallest absolute Gasteiger partial charge is 0.299 e. The van der Waals surface area contributed by atoms with Gasteiger partial charge in [-0.1, -0.05) is 23.4 Å². The van der Waals surface area contributed by atoms with Crippen molar-refractivity contribution in [2.75, 3.05) is 5.32 Å². The average Bonchev–Trinajstić information content (AvgIpc) is 2.70. The molecule has 1 aromatic rings. The van der Waals surface area contributed by atoms with Gasteiger partial charge in [-0.2, -0.15) is 5.10 Å². The number of hydrogen-bond donors (Lipinski definition) is 2. The van der Waals surface area contributed by atoms with Gasteiger partial charge in [0.15, 0.2) is 0 Å². The summed E-state index contributed by atoms with van der Waals surface area (Å²) < 4.78 is 0. The second-order valence-electron chi connectivity index (χ2n) is 4.37. The van der Waals surface area contributed by atoms with E-state index in [-0.39, 0.29) is 16.4 Å². The Balaban J connectivity index is 2.03. The quantitative estimate of drug-likeness (QED) is 0.835. The summed E-state index contributed by atoms with van der Waals surface area (Å²) in [4.78, 5) is 22.6. The fourth-order valence-electron chi connectivity index (χ4n) is 2.19. The lowest BCUT2D eigenvalue weighted by molar-refractivity contribution is -0.115. The Bertz CT molecular complexity index is 630. The molecule has 1 aromatic carbocycles. The van der Waals surface area contributed by atoms with Crippen LogP contribution in [0.15, 0.2) is 17.2 Å². The van der Waals surface area contributed by atoms with E-state index in [9.17, 15) is 9.59 Å². The highest BCUT2D eigenvalue weighted by atomic mass is 35.5. The van der Waals surface area contributed by atoms with Crippen LogP contribution >= 0.6 is 23.4 Å². The van der Waals surface area contributed by atoms with Gasteiger partial charge in [0.2, 0.25) is 5.91 Å². The number of halogens is 1. The molecule has 2 aliphatic rings. The highest BCUT2D eigenvalue weighted by Crippen LogP contribution is 2.34. The molecule has 19 heavy (non-hydrogen) atoms. The monoisotopic (exact) mass is 295 g/mol. The normalized spacial score (nSPS) is 21.6. The van der Waals surface area contributed by atoms with Crippen LogP contribution < -0.4 is 10.7 Å². The van der Waals surface area contributed by atoms with Gasteiger partial charge in [0.05, 0.1) is 28.1 Å². The first-order chi connectivity index (χ1) is 9.04. The number of anilines is 1. The molecule has 1 unspecified atom stereocenters. The molecule has 2 aliphatic heterocycles. The van der Waals surface area contributed by atoms with Gasteiger partial charge in [-0.25, -0.2) is 5.43 Å². The Morgan fingerprint density at radius 3 is 2.95 bits per heavy atom. The molecule has 1 atom stereocenters. The van der Waals surface area contributed by atoms with Crippen molar-refractivity contribution in [1.82, 2.24) is 5.43 Å². The molecule has 2 amide bonds. The zero-order valence-corrected chi connectivity index (χ0v) is 11.6. The maximum absolute atomic E-state index is 11.4. The third-order valence-electron chi connectivity index (χ3n) is 3.02. The van der Waals surface area contributed by atoms with E-state index in [0.717, 1.165) is 16.8 Å². The molecule has 0 saturated carbocycles. The first kappa shape index (κ1) is 12.5. The Morgan fingerprint density at radius 2 is 2.21 bits per heavy atom. The Kier molecular flexibility index (Phi) is 2.99. The summed E-state index contributed by atoms with van der Waals surface area (Å²) in [6.45, 7) is 1.91. The van der Waals surface area contributed by atoms with Crippen LogP contribution in [0.3, 0.4) is 0 Å². The molecule has 0 aliphatic carbocycles. The minimum absolute atomic E-state index is 0.0482. The van der Waals surface area contributed by atoms with E-state index < -0.39 is 0 Å². The number of nitrogens with one attached hydrogen (secondary N) is 2. The number of hydrogen-bond acceptors (Lipinski definition) is 4. The summed E-state index contributed by atoms with van der Waals surface area (Å²) in [7, 11) is 0. The van der Waals surface area contributed by atoms with Crippen LogP contribution in [0, 0.1) is 0 Å². The molecule has 98 valence electrons. The molecular weight excluding hydrogens is 286 g/mol. The third kappa shape index (κ3) is 2.21. The van der Waals surface area contributed by atoms with Crippen LogP contribution in [0.25, 0.3) is 0 Å². The molecule has 0 fully saturated rings. The molecule has 5 nitrogen and oxygen atoms in total. The van der Waals surface area contributed by atoms with Gasteiger partial charge in [-0.15, -0.1) is 0 Å². The van der Waals surface area contributed by atoms with Gasteiger partial charge in [0.1, 0.15) is 0 Å². The number of hydrazone groups is 1. The molecule has 2 N–H and O–H groups in total. The highest BCUT2D eigenvalue weighted by molar-refractivity contribution is 8.14. The van der Waals surface area contributed by atoms with Crippen molar-refractivity contribution >= 4 is 45.9 Å². The summed E-state index contributed by atoms with van der Waals surface area (Å²) >= 11 is 7.35. The molecule has 3 rings (SSSR count). The van der Waals surface area contributed by atoms with Crippen LogP contribution in [-0.2, 0) is 11.2 Å². The maximum Gasteiger partial charge on any atom is 0.299 e. The average molecular weight is 296 g/mol. The number of carbonyl (C=O) groups excluding carboxylic acids is 2. The molecule has 0 radical (unpaired) electrons. The number of amides is 2. The number of thioether (sulfide) groups is 1. The molecule has 0 saturated heterocycles. The fourth-order valence-corrected chi connectivity index (χ4v) is 3.19. The van der Waals surface area contributed by atoms with Crippen LogP contribution in [-0.4, -0.2) is 22.1 Å². The topological polar surface area (TPSA) is 70.6 Å². The van der Waals surface area contributed by atoms with E-state index in [1.807, 2.05) is 13.0 Å². The first-order valence-corrected chi connectivity index (χ1v) is 6.97. The molecule has 7 heteroatoms. The molecular formula is C12H10ClN3O2S. The van der Waals surface area contributed by atoms with Crippen LogP contribution in [0.1, 0.15) is 18.1 Å². The van der Waals surface area contributed by atoms with E-state index in [1.165, 1.54) is 11.8 Å². The molecule has 0 spiro atoms. The number of fused-ring (bicyclic) bond motifs is 1. The fraction of sp³-hybridized carbons (Fsp3) is 0.250. The summed E-state index contributed by atoms with van der Waals surface area (Å²) in [5.74, 6) is -0.0599. The predicted octanol–water partition coefficient (Wildman–Crippen LogP) is 2.38. The van der Waals surface area contributed by atoms with Crippen molar-refractivity contribution in [3.8, 4) is 0 Å². The van der Waals surface area contributed by atoms with E-state index in [0.29, 0.717) is 17.1 Å². The first-order valence-electron chi connectivity index (χ1n) is 5.71. The van der Waals surface area contributed by atoms with Crippen LogP contribution in [0.4, 0.5) is 10.5 Å². The van der Waals surface area contributed by atoms with Crippen LogP contribution in [0.2, 0.25) is 5.02 Å². The van der Waals surface area contributed by atoms with Crippen LogP contribution in [0.5, 0.6) is 0 Å². The number of carbonyl (C=O) groups is 2. The van der Waals surface area contributed by atoms with Crippen molar-refractivity contribution in [3.63, 3.8) is 0 Å². The standard InChI is InChI=1S/C12H10ClN3O2S/c1-5-10(15-16-12(18)19-5)6-2-7-4-9(17)14-11(7)8(13)3-6/h2-3,5H,4H2,1H3,(H,14,17)(H,16,18). The van der Waals surface area contributed by atoms with E-state index >= 15 is 0 Å². The van der Waals surface area contributed by atoms with Gasteiger partial charge in [0, 0.05) is 5.56 Å². The second-order valence-corrected chi connectivity index (χ2v) is 6.09. The second kappa shape index (κ2) is 4.54. The predicted molar refractivity (Wildman–Crippen MR) is 75.9 cm³/mol. The lowest BCUT2D eigenvalue weighted by atomic mass is 10.0. The van der Waals surface area contributed by atoms with Crippen molar-refractivity contribution in [2.45, 2.75) is 18.6 Å². The Hall–Kier alpha value is -1.53. The van der Waals surface area contributed by atoms with E-state index in [2.05, 4.69) is 15.8 Å². The zero-order valence-electron chi connectivity index (χ0n) is 9.99. The van der Waals surface area contributed by atoms with Gasteiger partial charge in [0.25, 0.3) is 5.24 Å². The largest absolute Gasteiger partial charge is 0.324 e. The highest BCUT2D eigenvalue weighted by Gasteiger charge is 2.26. The molecule has 2 heterocycles. The van der Waals surface area contributed by atoms with Gasteiger partial charge < -0.3 is 5.32 Å². The Morgan fingerprint density at radius 1 is 1.42 bits per heavy atom. The minimum Gasteiger partial charge on any atom is -0.324 e. The van der Waals surface area contributed by atoms with Crippen molar-refractivity contribution < 1.29 is 9.59 Å². The summed E-state index contributed by atoms with van der Waals surface area (Å²) in [6, 6.07) is 3.66. The van der Waals surface area contributed by atoms with E-state index in [4.69, 9.17) is 11.6 Å². The maximum atomic E-state index is 11.4. The van der Waals surface area contributed by atoms with Crippen molar-refractivity contribution in [1.29, 1.82) is 0 Å². The molecule has 0 bridgehead atoms. The van der Waals surface area contributed by atoms with Gasteiger partial charge >= 0.3 is 0 Å². The van der Waals surface area contributed by atoms with Crippen molar-refractivity contribution in [2.24, 2.45) is 5.10 Å².